The van der Waals surface area contributed by atoms with Crippen molar-refractivity contribution in [1.29, 1.82) is 5.26 Å². The highest BCUT2D eigenvalue weighted by Gasteiger charge is 2.14. The van der Waals surface area contributed by atoms with Crippen LogP contribution in [0.25, 0.3) is 6.08 Å². The van der Waals surface area contributed by atoms with Gasteiger partial charge in [-0.15, -0.1) is 0 Å². The predicted molar refractivity (Wildman–Crippen MR) is 98.0 cm³/mol. The van der Waals surface area contributed by atoms with Crippen molar-refractivity contribution >= 4 is 23.6 Å². The van der Waals surface area contributed by atoms with E-state index < -0.39 is 11.9 Å². The van der Waals surface area contributed by atoms with Crippen LogP contribution < -0.4 is 10.1 Å². The molecule has 0 atom stereocenters. The molecule has 0 radical (unpaired) electrons. The molecule has 0 fully saturated rings. The second-order valence-corrected chi connectivity index (χ2v) is 5.49. The third kappa shape index (κ3) is 4.71. The van der Waals surface area contributed by atoms with Crippen LogP contribution >= 0.6 is 0 Å². The highest BCUT2D eigenvalue weighted by molar-refractivity contribution is 6.09. The van der Waals surface area contributed by atoms with E-state index in [4.69, 9.17) is 4.74 Å². The van der Waals surface area contributed by atoms with Crippen LogP contribution in [0, 0.1) is 18.3 Å². The van der Waals surface area contributed by atoms with E-state index in [2.05, 4.69) is 5.32 Å². The lowest BCUT2D eigenvalue weighted by Gasteiger charge is -2.08. The van der Waals surface area contributed by atoms with Crippen LogP contribution in [0.3, 0.4) is 0 Å². The molecule has 0 saturated heterocycles. The summed E-state index contributed by atoms with van der Waals surface area (Å²) in [6, 6.07) is 13.5. The molecule has 6 heteroatoms. The van der Waals surface area contributed by atoms with Gasteiger partial charge in [0.1, 0.15) is 23.0 Å². The zero-order valence-corrected chi connectivity index (χ0v) is 14.4. The predicted octanol–water partition coefficient (Wildman–Crippen LogP) is 3.64. The second kappa shape index (κ2) is 8.49. The zero-order chi connectivity index (χ0) is 19.1. The number of carbonyl (C=O) groups is 2. The Kier molecular flexibility index (Phi) is 6.12. The van der Waals surface area contributed by atoms with Crippen molar-refractivity contribution in [1.82, 2.24) is 0 Å². The third-order valence-corrected chi connectivity index (χ3v) is 3.49. The molecule has 0 heterocycles. The molecule has 0 saturated carbocycles. The quantitative estimate of drug-likeness (QED) is 0.612. The number of carbonyl (C=O) groups excluding carboxylic acids is 1. The standard InChI is InChI=1S/C20H18N2O4/c1-3-26-18-8-7-14(11-17(18)20(24)25)10-15(12-21)19(23)22-16-6-4-5-13(2)9-16/h4-11H,3H2,1-2H3,(H,22,23)(H,24,25)/b15-10+. The SMILES string of the molecule is CCOc1ccc(/C=C(\C#N)C(=O)Nc2cccc(C)c2)cc1C(=O)O. The summed E-state index contributed by atoms with van der Waals surface area (Å²) in [5.74, 6) is -1.48. The largest absolute Gasteiger partial charge is 0.493 e. The van der Waals surface area contributed by atoms with Gasteiger partial charge in [-0.3, -0.25) is 4.79 Å². The molecule has 2 aromatic rings. The molecular formula is C20H18N2O4. The second-order valence-electron chi connectivity index (χ2n) is 5.49. The molecule has 0 spiro atoms. The number of aromatic carboxylic acids is 1. The number of nitriles is 1. The Bertz CT molecular complexity index is 910. The lowest BCUT2D eigenvalue weighted by atomic mass is 10.1. The first-order valence-electron chi connectivity index (χ1n) is 7.94. The Morgan fingerprint density at radius 1 is 1.27 bits per heavy atom. The average Bonchev–Trinajstić information content (AvgIpc) is 2.60. The number of carboxylic acid groups (broad SMARTS) is 1. The highest BCUT2D eigenvalue weighted by atomic mass is 16.5. The van der Waals surface area contributed by atoms with E-state index in [1.54, 1.807) is 31.2 Å². The Morgan fingerprint density at radius 2 is 2.04 bits per heavy atom. The van der Waals surface area contributed by atoms with E-state index in [9.17, 15) is 20.0 Å². The first-order chi connectivity index (χ1) is 12.4. The highest BCUT2D eigenvalue weighted by Crippen LogP contribution is 2.22. The van der Waals surface area contributed by atoms with Gasteiger partial charge in [0, 0.05) is 5.69 Å². The van der Waals surface area contributed by atoms with Crippen molar-refractivity contribution in [3.05, 3.63) is 64.7 Å². The lowest BCUT2D eigenvalue weighted by Crippen LogP contribution is -2.13. The fourth-order valence-electron chi connectivity index (χ4n) is 2.32. The zero-order valence-electron chi connectivity index (χ0n) is 14.4. The van der Waals surface area contributed by atoms with Gasteiger partial charge in [-0.1, -0.05) is 18.2 Å². The number of hydrogen-bond acceptors (Lipinski definition) is 4. The van der Waals surface area contributed by atoms with Gasteiger partial charge in [-0.2, -0.15) is 5.26 Å². The monoisotopic (exact) mass is 350 g/mol. The first-order valence-corrected chi connectivity index (χ1v) is 7.94. The molecule has 0 bridgehead atoms. The number of ether oxygens (including phenoxy) is 1. The average molecular weight is 350 g/mol. The number of amides is 1. The molecule has 0 aliphatic carbocycles. The van der Waals surface area contributed by atoms with Crippen LogP contribution in [-0.2, 0) is 4.79 Å². The number of carboxylic acids is 1. The summed E-state index contributed by atoms with van der Waals surface area (Å²) in [6.07, 6.45) is 1.34. The van der Waals surface area contributed by atoms with Gasteiger partial charge in [0.15, 0.2) is 0 Å². The number of hydrogen-bond donors (Lipinski definition) is 2. The molecule has 132 valence electrons. The molecule has 2 N–H and O–H groups in total. The van der Waals surface area contributed by atoms with Gasteiger partial charge in [-0.25, -0.2) is 4.79 Å². The smallest absolute Gasteiger partial charge is 0.339 e. The molecule has 2 aromatic carbocycles. The molecule has 2 rings (SSSR count). The van der Waals surface area contributed by atoms with Crippen molar-refractivity contribution in [3.8, 4) is 11.8 Å². The Morgan fingerprint density at radius 3 is 2.65 bits per heavy atom. The van der Waals surface area contributed by atoms with Crippen molar-refractivity contribution in [2.75, 3.05) is 11.9 Å². The van der Waals surface area contributed by atoms with Crippen LogP contribution in [0.1, 0.15) is 28.4 Å². The number of nitrogens with zero attached hydrogens (tertiary/aromatic N) is 1. The van der Waals surface area contributed by atoms with E-state index in [0.717, 1.165) is 5.56 Å². The summed E-state index contributed by atoms with van der Waals surface area (Å²) >= 11 is 0. The van der Waals surface area contributed by atoms with Crippen LogP contribution in [-0.4, -0.2) is 23.6 Å². The number of benzene rings is 2. The van der Waals surface area contributed by atoms with E-state index in [0.29, 0.717) is 17.9 Å². The molecule has 1 amide bonds. The molecular weight excluding hydrogens is 332 g/mol. The summed E-state index contributed by atoms with van der Waals surface area (Å²) in [5, 5.41) is 21.2. The number of anilines is 1. The summed E-state index contributed by atoms with van der Waals surface area (Å²) in [5.41, 5.74) is 1.81. The van der Waals surface area contributed by atoms with Gasteiger partial charge in [0.25, 0.3) is 5.91 Å². The van der Waals surface area contributed by atoms with E-state index in [-0.39, 0.29) is 16.9 Å². The minimum atomic E-state index is -1.15. The maximum Gasteiger partial charge on any atom is 0.339 e. The molecule has 0 aliphatic rings. The van der Waals surface area contributed by atoms with Crippen LogP contribution in [0.2, 0.25) is 0 Å². The molecule has 0 aliphatic heterocycles. The van der Waals surface area contributed by atoms with Crippen molar-refractivity contribution in [3.63, 3.8) is 0 Å². The van der Waals surface area contributed by atoms with Crippen molar-refractivity contribution in [2.45, 2.75) is 13.8 Å². The van der Waals surface area contributed by atoms with E-state index in [1.165, 1.54) is 18.2 Å². The fourth-order valence-corrected chi connectivity index (χ4v) is 2.32. The van der Waals surface area contributed by atoms with Gasteiger partial charge in [-0.05, 0) is 55.3 Å². The summed E-state index contributed by atoms with van der Waals surface area (Å²) in [7, 11) is 0. The van der Waals surface area contributed by atoms with E-state index in [1.807, 2.05) is 19.1 Å². The topological polar surface area (TPSA) is 99.4 Å². The first kappa shape index (κ1) is 18.7. The fraction of sp³-hybridized carbons (Fsp3) is 0.150. The minimum Gasteiger partial charge on any atom is -0.493 e. The number of nitrogens with one attached hydrogen (secondary N) is 1. The van der Waals surface area contributed by atoms with Gasteiger partial charge in [0.05, 0.1) is 6.61 Å². The van der Waals surface area contributed by atoms with E-state index >= 15 is 0 Å². The number of rotatable bonds is 6. The third-order valence-electron chi connectivity index (χ3n) is 3.49. The van der Waals surface area contributed by atoms with Crippen LogP contribution in [0.15, 0.2) is 48.0 Å². The Labute approximate surface area is 151 Å². The summed E-state index contributed by atoms with van der Waals surface area (Å²) < 4.78 is 5.28. The molecule has 6 nitrogen and oxygen atoms in total. The number of aryl methyl sites for hydroxylation is 1. The van der Waals surface area contributed by atoms with Gasteiger partial charge < -0.3 is 15.2 Å². The molecule has 0 aromatic heterocycles. The minimum absolute atomic E-state index is 0.0306. The lowest BCUT2D eigenvalue weighted by molar-refractivity contribution is -0.112. The van der Waals surface area contributed by atoms with Crippen molar-refractivity contribution < 1.29 is 19.4 Å². The van der Waals surface area contributed by atoms with Crippen LogP contribution in [0.4, 0.5) is 5.69 Å². The summed E-state index contributed by atoms with van der Waals surface area (Å²) in [4.78, 5) is 23.7. The van der Waals surface area contributed by atoms with Crippen molar-refractivity contribution in [2.24, 2.45) is 0 Å². The summed E-state index contributed by atoms with van der Waals surface area (Å²) in [6.45, 7) is 3.98. The maximum absolute atomic E-state index is 12.3. The Balaban J connectivity index is 2.30. The van der Waals surface area contributed by atoms with Gasteiger partial charge in [0.2, 0.25) is 0 Å². The molecule has 26 heavy (non-hydrogen) atoms. The normalized spacial score (nSPS) is 10.7. The Hall–Kier alpha value is -3.59. The van der Waals surface area contributed by atoms with Gasteiger partial charge >= 0.3 is 5.97 Å². The van der Waals surface area contributed by atoms with Crippen LogP contribution in [0.5, 0.6) is 5.75 Å². The molecule has 0 unspecified atom stereocenters. The maximum atomic E-state index is 12.3.